The number of rotatable bonds is 9. The smallest absolute Gasteiger partial charge is 0.226 e. The molecule has 0 bridgehead atoms. The van der Waals surface area contributed by atoms with Crippen LogP contribution < -0.4 is 11.1 Å². The molecular weight excluding hydrogens is 375 g/mol. The van der Waals surface area contributed by atoms with Crippen molar-refractivity contribution in [2.75, 3.05) is 6.54 Å². The van der Waals surface area contributed by atoms with E-state index in [4.69, 9.17) is 21.9 Å². The molecule has 0 saturated carbocycles. The van der Waals surface area contributed by atoms with Crippen LogP contribution in [0.1, 0.15) is 45.4 Å². The van der Waals surface area contributed by atoms with E-state index < -0.39 is 0 Å². The van der Waals surface area contributed by atoms with Crippen molar-refractivity contribution in [3.63, 3.8) is 0 Å². The second kappa shape index (κ2) is 10.5. The van der Waals surface area contributed by atoms with Crippen LogP contribution >= 0.6 is 24.0 Å². The fraction of sp³-hybridized carbons (Fsp3) is 0.500. The number of aromatic nitrogens is 2. The lowest BCUT2D eigenvalue weighted by Crippen LogP contribution is -2.49. The molecule has 0 unspecified atom stereocenters. The van der Waals surface area contributed by atoms with E-state index in [1.54, 1.807) is 12.1 Å². The topological polar surface area (TPSA) is 94.0 Å². The van der Waals surface area contributed by atoms with Crippen molar-refractivity contribution in [3.8, 4) is 11.4 Å². The number of benzene rings is 1. The lowest BCUT2D eigenvalue weighted by Gasteiger charge is -2.26. The van der Waals surface area contributed by atoms with Crippen LogP contribution in [0.5, 0.6) is 0 Å². The summed E-state index contributed by atoms with van der Waals surface area (Å²) in [6.07, 6.45) is 3.27. The first-order valence-electron chi connectivity index (χ1n) is 8.60. The van der Waals surface area contributed by atoms with Gasteiger partial charge in [-0.2, -0.15) is 4.98 Å². The Hall–Kier alpha value is -1.63. The van der Waals surface area contributed by atoms with Crippen LogP contribution in [0.15, 0.2) is 28.8 Å². The van der Waals surface area contributed by atoms with Gasteiger partial charge < -0.3 is 15.6 Å². The molecular formula is C18H26Cl2N4O2. The average molecular weight is 401 g/mol. The number of carbonyl (C=O) groups is 1. The van der Waals surface area contributed by atoms with E-state index in [0.717, 1.165) is 18.4 Å². The van der Waals surface area contributed by atoms with Gasteiger partial charge in [-0.25, -0.2) is 0 Å². The van der Waals surface area contributed by atoms with Gasteiger partial charge in [0.05, 0.1) is 0 Å². The standard InChI is InChI=1S/C18H25ClN4O2.ClH/c1-3-18(20,4-2)12-21-15(24)6-5-7-16-22-17(23-25-16)13-8-10-14(19)11-9-13;/h8-11H,3-7,12,20H2,1-2H3,(H,21,24);1H. The molecule has 0 aliphatic rings. The minimum absolute atomic E-state index is 0. The van der Waals surface area contributed by atoms with Gasteiger partial charge in [-0.1, -0.05) is 30.6 Å². The summed E-state index contributed by atoms with van der Waals surface area (Å²) >= 11 is 5.86. The van der Waals surface area contributed by atoms with Gasteiger partial charge in [-0.3, -0.25) is 4.79 Å². The summed E-state index contributed by atoms with van der Waals surface area (Å²) < 4.78 is 5.23. The van der Waals surface area contributed by atoms with E-state index in [-0.39, 0.29) is 23.9 Å². The fourth-order valence-electron chi connectivity index (χ4n) is 2.34. The first-order valence-corrected chi connectivity index (χ1v) is 8.97. The molecule has 2 aromatic rings. The van der Waals surface area contributed by atoms with Gasteiger partial charge in [0.15, 0.2) is 0 Å². The van der Waals surface area contributed by atoms with Crippen molar-refractivity contribution in [1.82, 2.24) is 15.5 Å². The number of hydrogen-bond acceptors (Lipinski definition) is 5. The molecule has 1 heterocycles. The van der Waals surface area contributed by atoms with Crippen LogP contribution in [-0.4, -0.2) is 28.1 Å². The van der Waals surface area contributed by atoms with E-state index in [0.29, 0.717) is 42.5 Å². The highest BCUT2D eigenvalue weighted by molar-refractivity contribution is 6.30. The first-order chi connectivity index (χ1) is 12.0. The van der Waals surface area contributed by atoms with E-state index >= 15 is 0 Å². The van der Waals surface area contributed by atoms with Crippen LogP contribution in [0.25, 0.3) is 11.4 Å². The number of nitrogens with one attached hydrogen (secondary N) is 1. The van der Waals surface area contributed by atoms with Crippen LogP contribution in [0.3, 0.4) is 0 Å². The summed E-state index contributed by atoms with van der Waals surface area (Å²) in [7, 11) is 0. The molecule has 0 saturated heterocycles. The average Bonchev–Trinajstić information content (AvgIpc) is 3.09. The highest BCUT2D eigenvalue weighted by Gasteiger charge is 2.20. The number of aryl methyl sites for hydroxylation is 1. The number of hydrogen-bond donors (Lipinski definition) is 2. The van der Waals surface area contributed by atoms with Crippen molar-refractivity contribution in [3.05, 3.63) is 35.2 Å². The maximum Gasteiger partial charge on any atom is 0.226 e. The largest absolute Gasteiger partial charge is 0.354 e. The molecule has 3 N–H and O–H groups in total. The Morgan fingerprint density at radius 3 is 2.54 bits per heavy atom. The third kappa shape index (κ3) is 6.59. The van der Waals surface area contributed by atoms with E-state index in [1.807, 2.05) is 26.0 Å². The summed E-state index contributed by atoms with van der Waals surface area (Å²) in [5.41, 5.74) is 6.70. The lowest BCUT2D eigenvalue weighted by atomic mass is 9.94. The number of amides is 1. The van der Waals surface area contributed by atoms with Crippen molar-refractivity contribution in [2.45, 2.75) is 51.5 Å². The quantitative estimate of drug-likeness (QED) is 0.667. The van der Waals surface area contributed by atoms with E-state index in [1.165, 1.54) is 0 Å². The Balaban J connectivity index is 0.00000338. The molecule has 0 spiro atoms. The van der Waals surface area contributed by atoms with Gasteiger partial charge in [-0.15, -0.1) is 12.4 Å². The molecule has 0 fully saturated rings. The number of nitrogens with zero attached hydrogens (tertiary/aromatic N) is 2. The van der Waals surface area contributed by atoms with Crippen molar-refractivity contribution >= 4 is 29.9 Å². The number of nitrogens with two attached hydrogens (primary N) is 1. The predicted molar refractivity (Wildman–Crippen MR) is 105 cm³/mol. The highest BCUT2D eigenvalue weighted by atomic mass is 35.5. The SMILES string of the molecule is CCC(N)(CC)CNC(=O)CCCc1nc(-c2ccc(Cl)cc2)no1.Cl. The third-order valence-corrected chi connectivity index (χ3v) is 4.66. The summed E-state index contributed by atoms with van der Waals surface area (Å²) in [4.78, 5) is 16.3. The summed E-state index contributed by atoms with van der Waals surface area (Å²) in [5.74, 6) is 1.04. The van der Waals surface area contributed by atoms with E-state index in [9.17, 15) is 4.79 Å². The zero-order valence-electron chi connectivity index (χ0n) is 15.1. The molecule has 0 aliphatic carbocycles. The van der Waals surface area contributed by atoms with Crippen LogP contribution in [-0.2, 0) is 11.2 Å². The molecule has 26 heavy (non-hydrogen) atoms. The Bertz CT molecular complexity index is 685. The molecule has 0 radical (unpaired) electrons. The molecule has 144 valence electrons. The maximum absolute atomic E-state index is 11.9. The maximum atomic E-state index is 11.9. The van der Waals surface area contributed by atoms with Gasteiger partial charge >= 0.3 is 0 Å². The van der Waals surface area contributed by atoms with Crippen molar-refractivity contribution in [1.29, 1.82) is 0 Å². The molecule has 0 atom stereocenters. The monoisotopic (exact) mass is 400 g/mol. The van der Waals surface area contributed by atoms with Crippen LogP contribution in [0, 0.1) is 0 Å². The minimum atomic E-state index is -0.324. The van der Waals surface area contributed by atoms with Gasteiger partial charge in [0, 0.05) is 35.5 Å². The second-order valence-corrected chi connectivity index (χ2v) is 6.65. The minimum Gasteiger partial charge on any atom is -0.354 e. The number of carbonyl (C=O) groups excluding carboxylic acids is 1. The molecule has 6 nitrogen and oxygen atoms in total. The highest BCUT2D eigenvalue weighted by Crippen LogP contribution is 2.19. The van der Waals surface area contributed by atoms with Gasteiger partial charge in [0.1, 0.15) is 0 Å². The summed E-state index contributed by atoms with van der Waals surface area (Å²) in [5, 5.41) is 7.52. The van der Waals surface area contributed by atoms with Crippen molar-refractivity contribution in [2.24, 2.45) is 5.73 Å². The normalized spacial score (nSPS) is 11.1. The zero-order chi connectivity index (χ0) is 18.3. The predicted octanol–water partition coefficient (Wildman–Crippen LogP) is 3.77. The van der Waals surface area contributed by atoms with Gasteiger partial charge in [0.25, 0.3) is 0 Å². The Morgan fingerprint density at radius 2 is 1.92 bits per heavy atom. The lowest BCUT2D eigenvalue weighted by molar-refractivity contribution is -0.121. The molecule has 1 aromatic carbocycles. The Kier molecular flexibility index (Phi) is 9.05. The summed E-state index contributed by atoms with van der Waals surface area (Å²) in [6, 6.07) is 7.23. The van der Waals surface area contributed by atoms with Gasteiger partial charge in [0.2, 0.25) is 17.6 Å². The van der Waals surface area contributed by atoms with Crippen LogP contribution in [0.4, 0.5) is 0 Å². The third-order valence-electron chi connectivity index (χ3n) is 4.41. The molecule has 0 aliphatic heterocycles. The van der Waals surface area contributed by atoms with E-state index in [2.05, 4.69) is 15.5 Å². The molecule has 1 amide bonds. The van der Waals surface area contributed by atoms with Gasteiger partial charge in [-0.05, 0) is 43.5 Å². The zero-order valence-corrected chi connectivity index (χ0v) is 16.7. The molecule has 8 heteroatoms. The first kappa shape index (κ1) is 22.4. The summed E-state index contributed by atoms with van der Waals surface area (Å²) in [6.45, 7) is 4.56. The van der Waals surface area contributed by atoms with Crippen LogP contribution in [0.2, 0.25) is 5.02 Å². The molecule has 1 aromatic heterocycles. The van der Waals surface area contributed by atoms with Crippen molar-refractivity contribution < 1.29 is 9.32 Å². The second-order valence-electron chi connectivity index (χ2n) is 6.22. The Labute approximate surface area is 165 Å². The fourth-order valence-corrected chi connectivity index (χ4v) is 2.46. The Morgan fingerprint density at radius 1 is 1.27 bits per heavy atom. The number of halogens is 2. The molecule has 2 rings (SSSR count).